The molecule has 1 aliphatic rings. The predicted molar refractivity (Wildman–Crippen MR) is 128 cm³/mol. The molecule has 0 unspecified atom stereocenters. The highest BCUT2D eigenvalue weighted by molar-refractivity contribution is 6.30. The van der Waals surface area contributed by atoms with Gasteiger partial charge in [0.05, 0.1) is 12.7 Å². The van der Waals surface area contributed by atoms with Gasteiger partial charge in [-0.05, 0) is 39.9 Å². The second-order valence-corrected chi connectivity index (χ2v) is 8.38. The van der Waals surface area contributed by atoms with E-state index in [1.165, 1.54) is 10.9 Å². The van der Waals surface area contributed by atoms with E-state index < -0.39 is 12.1 Å². The molecular formula is C26H20ClN3O4. The first kappa shape index (κ1) is 21.7. The fourth-order valence-electron chi connectivity index (χ4n) is 4.29. The van der Waals surface area contributed by atoms with E-state index in [2.05, 4.69) is 22.5 Å². The Morgan fingerprint density at radius 3 is 2.21 bits per heavy atom. The molecule has 0 radical (unpaired) electrons. The van der Waals surface area contributed by atoms with Crippen LogP contribution in [0.1, 0.15) is 33.0 Å². The third-order valence-corrected chi connectivity index (χ3v) is 6.13. The minimum Gasteiger partial charge on any atom is -0.477 e. The number of aromatic carboxylic acids is 1. The largest absolute Gasteiger partial charge is 0.477 e. The maximum Gasteiger partial charge on any atom is 0.412 e. The van der Waals surface area contributed by atoms with Gasteiger partial charge in [0, 0.05) is 10.9 Å². The van der Waals surface area contributed by atoms with Crippen molar-refractivity contribution in [2.24, 2.45) is 0 Å². The summed E-state index contributed by atoms with van der Waals surface area (Å²) in [6, 6.07) is 23.2. The van der Waals surface area contributed by atoms with Crippen LogP contribution in [-0.4, -0.2) is 33.6 Å². The number of rotatable bonds is 6. The Labute approximate surface area is 200 Å². The molecule has 1 heterocycles. The summed E-state index contributed by atoms with van der Waals surface area (Å²) in [6.07, 6.45) is 0.458. The maximum atomic E-state index is 12.7. The molecule has 1 amide bonds. The number of carboxylic acids is 1. The van der Waals surface area contributed by atoms with Crippen molar-refractivity contribution in [3.05, 3.63) is 106 Å². The summed E-state index contributed by atoms with van der Waals surface area (Å²) >= 11 is 5.94. The third kappa shape index (κ3) is 4.13. The molecule has 7 nitrogen and oxygen atoms in total. The summed E-state index contributed by atoms with van der Waals surface area (Å²) < 4.78 is 6.98. The van der Waals surface area contributed by atoms with Crippen molar-refractivity contribution in [3.8, 4) is 11.1 Å². The molecule has 34 heavy (non-hydrogen) atoms. The molecule has 0 saturated carbocycles. The molecule has 0 fully saturated rings. The third-order valence-electron chi connectivity index (χ3n) is 5.88. The van der Waals surface area contributed by atoms with Crippen molar-refractivity contribution in [2.75, 3.05) is 11.9 Å². The average Bonchev–Trinajstić information content (AvgIpc) is 3.38. The van der Waals surface area contributed by atoms with E-state index in [1.54, 1.807) is 12.1 Å². The first-order chi connectivity index (χ1) is 16.5. The summed E-state index contributed by atoms with van der Waals surface area (Å²) in [5.74, 6) is -1.24. The Hall–Kier alpha value is -4.10. The number of nitrogens with one attached hydrogen (secondary N) is 1. The topological polar surface area (TPSA) is 93.5 Å². The Bertz CT molecular complexity index is 1340. The molecule has 5 rings (SSSR count). The van der Waals surface area contributed by atoms with E-state index in [9.17, 15) is 14.7 Å². The Balaban J connectivity index is 1.34. The van der Waals surface area contributed by atoms with Gasteiger partial charge in [0.25, 0.3) is 0 Å². The van der Waals surface area contributed by atoms with Crippen molar-refractivity contribution in [1.82, 2.24) is 9.78 Å². The molecule has 0 atom stereocenters. The number of nitrogens with zero attached hydrogens (tertiary/aromatic N) is 2. The standard InChI is InChI=1S/C26H20ClN3O4/c27-17-11-9-16(10-12-17)14-30-24(22(13-28-30)25(31)32)29-26(33)34-15-23-20-7-3-1-5-18(20)19-6-2-4-8-21(19)23/h1-13,23H,14-15H2,(H,29,33)(H,31,32). The van der Waals surface area contributed by atoms with Gasteiger partial charge < -0.3 is 9.84 Å². The Morgan fingerprint density at radius 1 is 0.971 bits per heavy atom. The number of aromatic nitrogens is 2. The van der Waals surface area contributed by atoms with Crippen LogP contribution >= 0.6 is 11.6 Å². The molecule has 3 aromatic carbocycles. The van der Waals surface area contributed by atoms with Crippen LogP contribution in [0, 0.1) is 0 Å². The number of carbonyl (C=O) groups excluding carboxylic acids is 1. The van der Waals surface area contributed by atoms with E-state index in [0.717, 1.165) is 27.8 Å². The van der Waals surface area contributed by atoms with Crippen molar-refractivity contribution >= 4 is 29.5 Å². The van der Waals surface area contributed by atoms with Gasteiger partial charge in [0.1, 0.15) is 18.0 Å². The highest BCUT2D eigenvalue weighted by Crippen LogP contribution is 2.44. The van der Waals surface area contributed by atoms with Gasteiger partial charge in [-0.1, -0.05) is 72.3 Å². The zero-order chi connectivity index (χ0) is 23.7. The summed E-state index contributed by atoms with van der Waals surface area (Å²) in [4.78, 5) is 24.4. The van der Waals surface area contributed by atoms with Crippen LogP contribution < -0.4 is 5.32 Å². The van der Waals surface area contributed by atoms with Crippen molar-refractivity contribution in [2.45, 2.75) is 12.5 Å². The summed E-state index contributed by atoms with van der Waals surface area (Å²) in [5, 5.41) is 16.9. The number of carboxylic acid groups (broad SMARTS) is 1. The van der Waals surface area contributed by atoms with Crippen LogP contribution in [0.2, 0.25) is 5.02 Å². The molecule has 1 aliphatic carbocycles. The smallest absolute Gasteiger partial charge is 0.412 e. The average molecular weight is 474 g/mol. The zero-order valence-electron chi connectivity index (χ0n) is 17.9. The number of hydrogen-bond acceptors (Lipinski definition) is 4. The molecular weight excluding hydrogens is 454 g/mol. The normalized spacial score (nSPS) is 12.1. The minimum atomic E-state index is -1.20. The lowest BCUT2D eigenvalue weighted by Gasteiger charge is -2.15. The second kappa shape index (κ2) is 9.03. The minimum absolute atomic E-state index is 0.0553. The van der Waals surface area contributed by atoms with Crippen LogP contribution in [0.5, 0.6) is 0 Å². The number of carbonyl (C=O) groups is 2. The zero-order valence-corrected chi connectivity index (χ0v) is 18.7. The molecule has 0 saturated heterocycles. The number of hydrogen-bond donors (Lipinski definition) is 2. The second-order valence-electron chi connectivity index (χ2n) is 7.95. The fraction of sp³-hybridized carbons (Fsp3) is 0.115. The number of ether oxygens (including phenoxy) is 1. The Morgan fingerprint density at radius 2 is 1.59 bits per heavy atom. The summed E-state index contributed by atoms with van der Waals surface area (Å²) in [5.41, 5.74) is 5.16. The molecule has 4 aromatic rings. The molecule has 0 aliphatic heterocycles. The van der Waals surface area contributed by atoms with E-state index in [0.29, 0.717) is 5.02 Å². The van der Waals surface area contributed by atoms with Crippen LogP contribution in [-0.2, 0) is 11.3 Å². The first-order valence-electron chi connectivity index (χ1n) is 10.7. The van der Waals surface area contributed by atoms with Gasteiger partial charge in [-0.25, -0.2) is 14.3 Å². The lowest BCUT2D eigenvalue weighted by Crippen LogP contribution is -2.21. The summed E-state index contributed by atoms with van der Waals surface area (Å²) in [7, 11) is 0. The predicted octanol–water partition coefficient (Wildman–Crippen LogP) is 5.64. The van der Waals surface area contributed by atoms with Gasteiger partial charge in [0.15, 0.2) is 0 Å². The fourth-order valence-corrected chi connectivity index (χ4v) is 4.41. The van der Waals surface area contributed by atoms with Gasteiger partial charge in [0.2, 0.25) is 0 Å². The van der Waals surface area contributed by atoms with E-state index in [4.69, 9.17) is 16.3 Å². The van der Waals surface area contributed by atoms with Gasteiger partial charge in [-0.2, -0.15) is 5.10 Å². The molecule has 1 aromatic heterocycles. The molecule has 0 bridgehead atoms. The van der Waals surface area contributed by atoms with Crippen molar-refractivity contribution in [3.63, 3.8) is 0 Å². The van der Waals surface area contributed by atoms with Gasteiger partial charge >= 0.3 is 12.1 Å². The molecule has 2 N–H and O–H groups in total. The SMILES string of the molecule is O=C(Nc1c(C(=O)O)cnn1Cc1ccc(Cl)cc1)OCC1c2ccccc2-c2ccccc21. The lowest BCUT2D eigenvalue weighted by molar-refractivity contribution is 0.0698. The van der Waals surface area contributed by atoms with Crippen LogP contribution in [0.4, 0.5) is 10.6 Å². The number of benzene rings is 3. The monoisotopic (exact) mass is 473 g/mol. The maximum absolute atomic E-state index is 12.7. The van der Waals surface area contributed by atoms with Crippen LogP contribution in [0.3, 0.4) is 0 Å². The molecule has 8 heteroatoms. The van der Waals surface area contributed by atoms with E-state index >= 15 is 0 Å². The van der Waals surface area contributed by atoms with E-state index in [1.807, 2.05) is 48.5 Å². The summed E-state index contributed by atoms with van der Waals surface area (Å²) in [6.45, 7) is 0.372. The van der Waals surface area contributed by atoms with E-state index in [-0.39, 0.29) is 30.5 Å². The Kier molecular flexibility index (Phi) is 5.77. The number of amides is 1. The number of anilines is 1. The van der Waals surface area contributed by atoms with Crippen molar-refractivity contribution < 1.29 is 19.4 Å². The highest BCUT2D eigenvalue weighted by Gasteiger charge is 2.29. The van der Waals surface area contributed by atoms with Gasteiger partial charge in [-0.15, -0.1) is 0 Å². The number of fused-ring (bicyclic) bond motifs is 3. The van der Waals surface area contributed by atoms with Crippen LogP contribution in [0.15, 0.2) is 79.0 Å². The molecule has 170 valence electrons. The first-order valence-corrected chi connectivity index (χ1v) is 11.0. The quantitative estimate of drug-likeness (QED) is 0.377. The molecule has 0 spiro atoms. The highest BCUT2D eigenvalue weighted by atomic mass is 35.5. The van der Waals surface area contributed by atoms with Gasteiger partial charge in [-0.3, -0.25) is 5.32 Å². The number of halogens is 1. The van der Waals surface area contributed by atoms with Crippen molar-refractivity contribution in [1.29, 1.82) is 0 Å². The lowest BCUT2D eigenvalue weighted by atomic mass is 9.98. The van der Waals surface area contributed by atoms with Crippen LogP contribution in [0.25, 0.3) is 11.1 Å².